The Labute approximate surface area is 95.0 Å². The second-order valence-electron chi connectivity index (χ2n) is 3.84. The number of nitrogens with zero attached hydrogens (tertiary/aromatic N) is 2. The van der Waals surface area contributed by atoms with Crippen molar-refractivity contribution in [2.75, 3.05) is 45.9 Å². The lowest BCUT2D eigenvalue weighted by molar-refractivity contribution is 0.0872. The molecule has 8 heteroatoms. The Morgan fingerprint density at radius 1 is 1.12 bits per heavy atom. The van der Waals surface area contributed by atoms with Crippen molar-refractivity contribution in [3.05, 3.63) is 0 Å². The molecule has 3 N–H and O–H groups in total. The first-order chi connectivity index (χ1) is 7.43. The molecule has 0 radical (unpaired) electrons. The number of aliphatic hydroxyl groups is 2. The first kappa shape index (κ1) is 13.8. The van der Waals surface area contributed by atoms with Crippen molar-refractivity contribution in [1.29, 1.82) is 0 Å². The van der Waals surface area contributed by atoms with Crippen LogP contribution < -0.4 is 0 Å². The van der Waals surface area contributed by atoms with Crippen molar-refractivity contribution in [2.24, 2.45) is 0 Å². The van der Waals surface area contributed by atoms with Gasteiger partial charge in [-0.1, -0.05) is 0 Å². The molecule has 1 rings (SSSR count). The number of aliphatic hydroxyl groups excluding tert-OH is 2. The third-order valence-corrected chi connectivity index (χ3v) is 3.48. The fourth-order valence-electron chi connectivity index (χ4n) is 1.65. The van der Waals surface area contributed by atoms with Gasteiger partial charge in [0.05, 0.1) is 6.61 Å². The minimum atomic E-state index is -4.37. The summed E-state index contributed by atoms with van der Waals surface area (Å²) in [6, 6.07) is 0. The lowest BCUT2D eigenvalue weighted by atomic mass is 10.3. The summed E-state index contributed by atoms with van der Waals surface area (Å²) in [7, 11) is -4.37. The Morgan fingerprint density at radius 2 is 1.62 bits per heavy atom. The van der Waals surface area contributed by atoms with Gasteiger partial charge in [-0.15, -0.1) is 0 Å². The number of hydrogen-bond acceptors (Lipinski definition) is 6. The summed E-state index contributed by atoms with van der Waals surface area (Å²) in [5.41, 5.74) is -1.74. The normalized spacial score (nSPS) is 22.2. The van der Waals surface area contributed by atoms with E-state index in [9.17, 15) is 13.5 Å². The van der Waals surface area contributed by atoms with Crippen LogP contribution in [0.25, 0.3) is 0 Å². The van der Waals surface area contributed by atoms with E-state index in [2.05, 4.69) is 4.90 Å². The fourth-order valence-corrected chi connectivity index (χ4v) is 2.05. The topological polar surface area (TPSA) is 101 Å². The van der Waals surface area contributed by atoms with Crippen LogP contribution in [0.4, 0.5) is 0 Å². The molecule has 0 saturated carbocycles. The van der Waals surface area contributed by atoms with Gasteiger partial charge in [0.1, 0.15) is 0 Å². The molecular weight excluding hydrogens is 236 g/mol. The maximum atomic E-state index is 10.6. The van der Waals surface area contributed by atoms with E-state index >= 15 is 0 Å². The average molecular weight is 254 g/mol. The minimum Gasteiger partial charge on any atom is -0.395 e. The van der Waals surface area contributed by atoms with Crippen molar-refractivity contribution in [1.82, 2.24) is 9.80 Å². The minimum absolute atomic E-state index is 0.0776. The van der Waals surface area contributed by atoms with Crippen molar-refractivity contribution >= 4 is 10.1 Å². The third-order valence-electron chi connectivity index (χ3n) is 2.64. The Morgan fingerprint density at radius 3 is 2.06 bits per heavy atom. The molecule has 16 heavy (non-hydrogen) atoms. The summed E-state index contributed by atoms with van der Waals surface area (Å²) < 4.78 is 29.8. The Kier molecular flexibility index (Phi) is 5.09. The highest BCUT2D eigenvalue weighted by Gasteiger charge is 2.25. The molecule has 1 aliphatic rings. The fraction of sp³-hybridized carbons (Fsp3) is 1.00. The highest BCUT2D eigenvalue weighted by Crippen LogP contribution is 2.04. The number of rotatable bonds is 5. The highest BCUT2D eigenvalue weighted by molar-refractivity contribution is 7.86. The lowest BCUT2D eigenvalue weighted by Crippen LogP contribution is -2.50. The maximum absolute atomic E-state index is 10.6. The number of hydrogen-bond donors (Lipinski definition) is 3. The van der Waals surface area contributed by atoms with Gasteiger partial charge in [0.15, 0.2) is 5.44 Å². The number of piperazine rings is 1. The zero-order chi connectivity index (χ0) is 12.2. The van der Waals surface area contributed by atoms with Gasteiger partial charge in [-0.05, 0) is 0 Å². The monoisotopic (exact) mass is 254 g/mol. The second-order valence-corrected chi connectivity index (χ2v) is 5.41. The van der Waals surface area contributed by atoms with Crippen LogP contribution in [0.5, 0.6) is 0 Å². The maximum Gasteiger partial charge on any atom is 0.293 e. The molecule has 0 aromatic carbocycles. The summed E-state index contributed by atoms with van der Waals surface area (Å²) in [4.78, 5) is 3.82. The standard InChI is InChI=1S/C8H18N2O5S/c11-6-5-9-1-3-10(4-2-9)7-8(12)16(13,14)15/h8,11-12H,1-7H2,(H,13,14,15). The molecule has 96 valence electrons. The van der Waals surface area contributed by atoms with Crippen LogP contribution in [-0.4, -0.2) is 84.3 Å². The molecule has 0 spiro atoms. The largest absolute Gasteiger partial charge is 0.395 e. The van der Waals surface area contributed by atoms with E-state index < -0.39 is 15.6 Å². The Balaban J connectivity index is 2.32. The van der Waals surface area contributed by atoms with Crippen LogP contribution >= 0.6 is 0 Å². The summed E-state index contributed by atoms with van der Waals surface area (Å²) in [6.45, 7) is 3.31. The van der Waals surface area contributed by atoms with E-state index in [1.165, 1.54) is 0 Å². The molecule has 0 aliphatic carbocycles. The zero-order valence-electron chi connectivity index (χ0n) is 8.99. The molecule has 0 amide bonds. The molecule has 0 bridgehead atoms. The average Bonchev–Trinajstić information content (AvgIpc) is 2.20. The van der Waals surface area contributed by atoms with Crippen molar-refractivity contribution < 1.29 is 23.2 Å². The molecule has 1 atom stereocenters. The van der Waals surface area contributed by atoms with Crippen LogP contribution in [-0.2, 0) is 10.1 Å². The smallest absolute Gasteiger partial charge is 0.293 e. The van der Waals surface area contributed by atoms with Gasteiger partial charge in [-0.3, -0.25) is 14.4 Å². The predicted molar refractivity (Wildman–Crippen MR) is 57.5 cm³/mol. The van der Waals surface area contributed by atoms with Gasteiger partial charge in [0.25, 0.3) is 10.1 Å². The molecule has 1 fully saturated rings. The van der Waals surface area contributed by atoms with Gasteiger partial charge < -0.3 is 10.2 Å². The molecule has 1 aliphatic heterocycles. The Hall–Kier alpha value is -0.250. The van der Waals surface area contributed by atoms with Crippen molar-refractivity contribution in [2.45, 2.75) is 5.44 Å². The van der Waals surface area contributed by atoms with E-state index in [0.717, 1.165) is 13.1 Å². The van der Waals surface area contributed by atoms with Crippen LogP contribution in [0, 0.1) is 0 Å². The summed E-state index contributed by atoms with van der Waals surface area (Å²) in [5, 5.41) is 17.9. The van der Waals surface area contributed by atoms with Gasteiger partial charge in [0.2, 0.25) is 0 Å². The molecule has 0 aromatic heterocycles. The second kappa shape index (κ2) is 5.89. The SMILES string of the molecule is O=S(=O)(O)C(O)CN1CCN(CCO)CC1. The Bertz CT molecular complexity index is 300. The van der Waals surface area contributed by atoms with Crippen LogP contribution in [0.2, 0.25) is 0 Å². The van der Waals surface area contributed by atoms with Crippen LogP contribution in [0.15, 0.2) is 0 Å². The summed E-state index contributed by atoms with van der Waals surface area (Å²) in [5.74, 6) is 0. The first-order valence-corrected chi connectivity index (χ1v) is 6.63. The molecule has 1 unspecified atom stereocenters. The van der Waals surface area contributed by atoms with E-state index in [4.69, 9.17) is 9.66 Å². The molecule has 0 aromatic rings. The van der Waals surface area contributed by atoms with Gasteiger partial charge in [0, 0.05) is 39.3 Å². The predicted octanol–water partition coefficient (Wildman–Crippen LogP) is -2.20. The van der Waals surface area contributed by atoms with Gasteiger partial charge in [-0.25, -0.2) is 0 Å². The molecular formula is C8H18N2O5S. The van der Waals surface area contributed by atoms with Gasteiger partial charge >= 0.3 is 0 Å². The van der Waals surface area contributed by atoms with Crippen molar-refractivity contribution in [3.63, 3.8) is 0 Å². The summed E-state index contributed by atoms with van der Waals surface area (Å²) >= 11 is 0. The third kappa shape index (κ3) is 4.32. The van der Waals surface area contributed by atoms with E-state index in [0.29, 0.717) is 19.6 Å². The quantitative estimate of drug-likeness (QED) is 0.479. The van der Waals surface area contributed by atoms with Gasteiger partial charge in [-0.2, -0.15) is 8.42 Å². The van der Waals surface area contributed by atoms with E-state index in [-0.39, 0.29) is 13.2 Å². The lowest BCUT2D eigenvalue weighted by Gasteiger charge is -2.34. The molecule has 1 heterocycles. The first-order valence-electron chi connectivity index (χ1n) is 5.13. The highest BCUT2D eigenvalue weighted by atomic mass is 32.2. The van der Waals surface area contributed by atoms with Crippen LogP contribution in [0.1, 0.15) is 0 Å². The van der Waals surface area contributed by atoms with Crippen LogP contribution in [0.3, 0.4) is 0 Å². The van der Waals surface area contributed by atoms with Crippen molar-refractivity contribution in [3.8, 4) is 0 Å². The zero-order valence-corrected chi connectivity index (χ0v) is 9.80. The molecule has 1 saturated heterocycles. The summed E-state index contributed by atoms with van der Waals surface area (Å²) in [6.07, 6.45) is 0. The molecule has 7 nitrogen and oxygen atoms in total. The number of β-amino-alcohol motifs (C(OH)–C–C–N with tert-alkyl or cyclic N) is 2. The van der Waals surface area contributed by atoms with E-state index in [1.54, 1.807) is 4.90 Å². The van der Waals surface area contributed by atoms with E-state index in [1.807, 2.05) is 0 Å².